The molecule has 0 unspecified atom stereocenters. The van der Waals surface area contributed by atoms with Crippen LogP contribution in [0.15, 0.2) is 42.7 Å². The van der Waals surface area contributed by atoms with Crippen LogP contribution in [0.2, 0.25) is 0 Å². The molecule has 0 saturated carbocycles. The fraction of sp³-hybridized carbons (Fsp3) is 0.214. The molecule has 0 bridgehead atoms. The third kappa shape index (κ3) is 3.21. The molecule has 1 aromatic heterocycles. The van der Waals surface area contributed by atoms with Gasteiger partial charge in [0.25, 0.3) is 0 Å². The largest absolute Gasteiger partial charge is 0.456 e. The number of ether oxygens (including phenoxy) is 1. The highest BCUT2D eigenvalue weighted by molar-refractivity contribution is 6.17. The Balaban J connectivity index is 2.18. The number of hydrogen-bond donors (Lipinski definition) is 0. The van der Waals surface area contributed by atoms with Crippen LogP contribution in [0, 0.1) is 0 Å². The lowest BCUT2D eigenvalue weighted by atomic mass is 10.2. The van der Waals surface area contributed by atoms with E-state index in [9.17, 15) is 0 Å². The standard InChI is InChI=1S/C14H14ClNO/c1-2-11-4-3-5-13(6-11)17-14-7-12(8-15)9-16-10-14/h3-7,9-10H,2,8H2,1H3. The van der Waals surface area contributed by atoms with E-state index in [0.717, 1.165) is 23.5 Å². The van der Waals surface area contributed by atoms with E-state index in [1.165, 1.54) is 5.56 Å². The third-order valence-corrected chi connectivity index (χ3v) is 2.78. The Morgan fingerprint density at radius 3 is 2.71 bits per heavy atom. The zero-order chi connectivity index (χ0) is 12.1. The average Bonchev–Trinajstić information content (AvgIpc) is 2.39. The van der Waals surface area contributed by atoms with E-state index in [0.29, 0.717) is 5.88 Å². The zero-order valence-electron chi connectivity index (χ0n) is 9.69. The number of pyridine rings is 1. The molecule has 2 rings (SSSR count). The summed E-state index contributed by atoms with van der Waals surface area (Å²) in [7, 11) is 0. The second-order valence-corrected chi connectivity index (χ2v) is 4.03. The van der Waals surface area contributed by atoms with Gasteiger partial charge in [0.05, 0.1) is 6.20 Å². The van der Waals surface area contributed by atoms with Gasteiger partial charge in [0.15, 0.2) is 0 Å². The Hall–Kier alpha value is -1.54. The van der Waals surface area contributed by atoms with Crippen molar-refractivity contribution in [1.82, 2.24) is 4.98 Å². The fourth-order valence-corrected chi connectivity index (χ4v) is 1.70. The molecule has 0 aliphatic rings. The molecule has 0 saturated heterocycles. The van der Waals surface area contributed by atoms with Gasteiger partial charge < -0.3 is 4.74 Å². The first-order valence-electron chi connectivity index (χ1n) is 5.58. The van der Waals surface area contributed by atoms with Crippen molar-refractivity contribution in [2.24, 2.45) is 0 Å². The maximum Gasteiger partial charge on any atom is 0.146 e. The molecule has 3 heteroatoms. The molecule has 0 amide bonds. The van der Waals surface area contributed by atoms with Crippen LogP contribution in [0.5, 0.6) is 11.5 Å². The first-order valence-corrected chi connectivity index (χ1v) is 6.12. The van der Waals surface area contributed by atoms with Gasteiger partial charge in [-0.15, -0.1) is 11.6 Å². The fourth-order valence-electron chi connectivity index (χ4n) is 1.56. The summed E-state index contributed by atoms with van der Waals surface area (Å²) in [4.78, 5) is 4.08. The van der Waals surface area contributed by atoms with E-state index in [2.05, 4.69) is 18.0 Å². The summed E-state index contributed by atoms with van der Waals surface area (Å²) in [6, 6.07) is 9.95. The Labute approximate surface area is 106 Å². The number of benzene rings is 1. The SMILES string of the molecule is CCc1cccc(Oc2cncc(CCl)c2)c1. The van der Waals surface area contributed by atoms with Gasteiger partial charge in [-0.3, -0.25) is 4.98 Å². The van der Waals surface area contributed by atoms with Crippen LogP contribution < -0.4 is 4.74 Å². The van der Waals surface area contributed by atoms with Crippen LogP contribution in [-0.2, 0) is 12.3 Å². The number of aryl methyl sites for hydroxylation is 1. The smallest absolute Gasteiger partial charge is 0.146 e. The third-order valence-electron chi connectivity index (χ3n) is 2.47. The highest BCUT2D eigenvalue weighted by Crippen LogP contribution is 2.22. The molecule has 1 aromatic carbocycles. The van der Waals surface area contributed by atoms with Crippen molar-refractivity contribution in [2.75, 3.05) is 0 Å². The van der Waals surface area contributed by atoms with Crippen molar-refractivity contribution in [1.29, 1.82) is 0 Å². The maximum atomic E-state index is 5.75. The van der Waals surface area contributed by atoms with Crippen LogP contribution in [0.25, 0.3) is 0 Å². The Morgan fingerprint density at radius 2 is 1.94 bits per heavy atom. The molecule has 1 heterocycles. The zero-order valence-corrected chi connectivity index (χ0v) is 10.4. The Morgan fingerprint density at radius 1 is 1.12 bits per heavy atom. The van der Waals surface area contributed by atoms with E-state index in [1.54, 1.807) is 12.4 Å². The van der Waals surface area contributed by atoms with Crippen LogP contribution >= 0.6 is 11.6 Å². The minimum atomic E-state index is 0.444. The predicted octanol–water partition coefficient (Wildman–Crippen LogP) is 4.18. The highest BCUT2D eigenvalue weighted by Gasteiger charge is 2.00. The molecule has 0 aliphatic heterocycles. The van der Waals surface area contributed by atoms with Gasteiger partial charge >= 0.3 is 0 Å². The van der Waals surface area contributed by atoms with Gasteiger partial charge in [0.1, 0.15) is 11.5 Å². The van der Waals surface area contributed by atoms with Gasteiger partial charge in [-0.1, -0.05) is 19.1 Å². The number of alkyl halides is 1. The number of halogens is 1. The minimum Gasteiger partial charge on any atom is -0.456 e. The molecule has 2 aromatic rings. The molecular weight excluding hydrogens is 234 g/mol. The van der Waals surface area contributed by atoms with Gasteiger partial charge in [-0.25, -0.2) is 0 Å². The highest BCUT2D eigenvalue weighted by atomic mass is 35.5. The summed E-state index contributed by atoms with van der Waals surface area (Å²) >= 11 is 5.75. The molecule has 2 nitrogen and oxygen atoms in total. The molecule has 0 aliphatic carbocycles. The van der Waals surface area contributed by atoms with Gasteiger partial charge in [-0.05, 0) is 35.7 Å². The van der Waals surface area contributed by atoms with Gasteiger partial charge in [0.2, 0.25) is 0 Å². The number of rotatable bonds is 4. The predicted molar refractivity (Wildman–Crippen MR) is 69.7 cm³/mol. The second-order valence-electron chi connectivity index (χ2n) is 3.77. The summed E-state index contributed by atoms with van der Waals surface area (Å²) < 4.78 is 5.74. The van der Waals surface area contributed by atoms with Gasteiger partial charge in [0, 0.05) is 12.1 Å². The lowest BCUT2D eigenvalue weighted by molar-refractivity contribution is 0.479. The lowest BCUT2D eigenvalue weighted by Gasteiger charge is -2.07. The van der Waals surface area contributed by atoms with E-state index in [-0.39, 0.29) is 0 Å². The van der Waals surface area contributed by atoms with Crippen molar-refractivity contribution in [3.05, 3.63) is 53.9 Å². The molecule has 17 heavy (non-hydrogen) atoms. The lowest BCUT2D eigenvalue weighted by Crippen LogP contribution is -1.89. The van der Waals surface area contributed by atoms with Crippen molar-refractivity contribution < 1.29 is 4.74 Å². The summed E-state index contributed by atoms with van der Waals surface area (Å²) in [6.07, 6.45) is 4.42. The van der Waals surface area contributed by atoms with E-state index >= 15 is 0 Å². The molecule has 0 fully saturated rings. The first kappa shape index (κ1) is 11.9. The van der Waals surface area contributed by atoms with Crippen LogP contribution in [-0.4, -0.2) is 4.98 Å². The molecule has 88 valence electrons. The summed E-state index contributed by atoms with van der Waals surface area (Å²) in [5.41, 5.74) is 2.21. The Bertz CT molecular complexity index is 454. The second kappa shape index (κ2) is 5.69. The van der Waals surface area contributed by atoms with Crippen LogP contribution in [0.4, 0.5) is 0 Å². The summed E-state index contributed by atoms with van der Waals surface area (Å²) in [5.74, 6) is 1.99. The molecule has 0 atom stereocenters. The molecule has 0 N–H and O–H groups in total. The molecule has 0 spiro atoms. The minimum absolute atomic E-state index is 0.444. The average molecular weight is 248 g/mol. The number of hydrogen-bond acceptors (Lipinski definition) is 2. The number of nitrogens with zero attached hydrogens (tertiary/aromatic N) is 1. The van der Waals surface area contributed by atoms with E-state index < -0.39 is 0 Å². The quantitative estimate of drug-likeness (QED) is 0.757. The topological polar surface area (TPSA) is 22.1 Å². The monoisotopic (exact) mass is 247 g/mol. The molecular formula is C14H14ClNO. The summed E-state index contributed by atoms with van der Waals surface area (Å²) in [6.45, 7) is 2.12. The summed E-state index contributed by atoms with van der Waals surface area (Å²) in [5, 5.41) is 0. The molecule has 0 radical (unpaired) electrons. The van der Waals surface area contributed by atoms with Gasteiger partial charge in [-0.2, -0.15) is 0 Å². The van der Waals surface area contributed by atoms with E-state index in [4.69, 9.17) is 16.3 Å². The van der Waals surface area contributed by atoms with Crippen molar-refractivity contribution >= 4 is 11.6 Å². The maximum absolute atomic E-state index is 5.75. The Kier molecular flexibility index (Phi) is 3.99. The van der Waals surface area contributed by atoms with E-state index in [1.807, 2.05) is 24.3 Å². The number of aromatic nitrogens is 1. The van der Waals surface area contributed by atoms with Crippen LogP contribution in [0.1, 0.15) is 18.1 Å². The normalized spacial score (nSPS) is 10.2. The van der Waals surface area contributed by atoms with Crippen molar-refractivity contribution in [3.8, 4) is 11.5 Å². The van der Waals surface area contributed by atoms with Crippen LogP contribution in [0.3, 0.4) is 0 Å². The van der Waals surface area contributed by atoms with Crippen molar-refractivity contribution in [3.63, 3.8) is 0 Å². The first-order chi connectivity index (χ1) is 8.31. The van der Waals surface area contributed by atoms with Crippen molar-refractivity contribution in [2.45, 2.75) is 19.2 Å².